The maximum atomic E-state index is 12.4. The highest BCUT2D eigenvalue weighted by Gasteiger charge is 2.46. The molecule has 0 spiro atoms. The molecule has 0 bridgehead atoms. The van der Waals surface area contributed by atoms with Gasteiger partial charge in [0.05, 0.1) is 17.6 Å². The van der Waals surface area contributed by atoms with Crippen molar-refractivity contribution in [1.82, 2.24) is 4.90 Å². The molecule has 1 heterocycles. The molecule has 0 aromatic heterocycles. The van der Waals surface area contributed by atoms with E-state index in [0.717, 1.165) is 38.5 Å². The summed E-state index contributed by atoms with van der Waals surface area (Å²) in [5.74, 6) is 0.609. The van der Waals surface area contributed by atoms with E-state index in [0.29, 0.717) is 25.4 Å². The minimum absolute atomic E-state index is 0.0644. The van der Waals surface area contributed by atoms with Crippen LogP contribution in [0.3, 0.4) is 0 Å². The number of amides is 1. The van der Waals surface area contributed by atoms with Crippen LogP contribution in [-0.4, -0.2) is 45.3 Å². The van der Waals surface area contributed by atoms with Crippen molar-refractivity contribution in [2.75, 3.05) is 13.1 Å². The third-order valence-corrected chi connectivity index (χ3v) is 5.75. The largest absolute Gasteiger partial charge is 0.389 e. The molecule has 0 aromatic carbocycles. The molecule has 4 heteroatoms. The van der Waals surface area contributed by atoms with Crippen LogP contribution in [0.15, 0.2) is 0 Å². The van der Waals surface area contributed by atoms with E-state index in [1.54, 1.807) is 6.92 Å². The van der Waals surface area contributed by atoms with Crippen molar-refractivity contribution >= 4 is 5.91 Å². The van der Waals surface area contributed by atoms with Crippen molar-refractivity contribution in [2.24, 2.45) is 11.8 Å². The number of hydrogen-bond donors (Lipinski definition) is 2. The fraction of sp³-hybridized carbons (Fsp3) is 0.938. The lowest BCUT2D eigenvalue weighted by atomic mass is 9.71. The van der Waals surface area contributed by atoms with E-state index in [1.165, 1.54) is 0 Å². The predicted molar refractivity (Wildman–Crippen MR) is 76.1 cm³/mol. The quantitative estimate of drug-likeness (QED) is 0.827. The van der Waals surface area contributed by atoms with Gasteiger partial charge in [0.15, 0.2) is 0 Å². The first-order valence-corrected chi connectivity index (χ1v) is 8.13. The number of rotatable bonds is 3. The highest BCUT2D eigenvalue weighted by Crippen LogP contribution is 2.43. The average molecular weight is 281 g/mol. The first-order valence-electron chi connectivity index (χ1n) is 8.13. The molecule has 1 saturated heterocycles. The Balaban J connectivity index is 1.59. The summed E-state index contributed by atoms with van der Waals surface area (Å²) in [5, 5.41) is 21.0. The van der Waals surface area contributed by atoms with Crippen LogP contribution in [-0.2, 0) is 4.79 Å². The van der Waals surface area contributed by atoms with E-state index in [2.05, 4.69) is 0 Å². The zero-order chi connectivity index (χ0) is 14.4. The SMILES string of the molecule is CC(O)(CC(=O)N1CCC2(O)CCCCC2C1)C1CC1. The minimum Gasteiger partial charge on any atom is -0.389 e. The highest BCUT2D eigenvalue weighted by molar-refractivity contribution is 5.77. The van der Waals surface area contributed by atoms with Crippen LogP contribution in [0.25, 0.3) is 0 Å². The molecule has 3 aliphatic rings. The Morgan fingerprint density at radius 2 is 2.05 bits per heavy atom. The molecule has 0 radical (unpaired) electrons. The number of aliphatic hydroxyl groups is 2. The molecule has 20 heavy (non-hydrogen) atoms. The third kappa shape index (κ3) is 2.73. The molecule has 2 saturated carbocycles. The second-order valence-electron chi connectivity index (χ2n) is 7.44. The van der Waals surface area contributed by atoms with Gasteiger partial charge in [-0.05, 0) is 44.9 Å². The zero-order valence-electron chi connectivity index (χ0n) is 12.5. The van der Waals surface area contributed by atoms with Gasteiger partial charge in [-0.1, -0.05) is 12.8 Å². The Morgan fingerprint density at radius 3 is 2.75 bits per heavy atom. The molecule has 1 amide bonds. The van der Waals surface area contributed by atoms with Crippen LogP contribution in [0, 0.1) is 11.8 Å². The molecule has 2 N–H and O–H groups in total. The van der Waals surface area contributed by atoms with Gasteiger partial charge in [0.25, 0.3) is 0 Å². The Bertz CT molecular complexity index is 391. The van der Waals surface area contributed by atoms with Crippen molar-refractivity contribution in [3.05, 3.63) is 0 Å². The van der Waals surface area contributed by atoms with E-state index in [1.807, 2.05) is 4.90 Å². The summed E-state index contributed by atoms with van der Waals surface area (Å²) in [6, 6.07) is 0. The number of fused-ring (bicyclic) bond motifs is 1. The van der Waals surface area contributed by atoms with Crippen molar-refractivity contribution in [1.29, 1.82) is 0 Å². The van der Waals surface area contributed by atoms with Crippen LogP contribution in [0.4, 0.5) is 0 Å². The third-order valence-electron chi connectivity index (χ3n) is 5.75. The van der Waals surface area contributed by atoms with Gasteiger partial charge in [-0.25, -0.2) is 0 Å². The molecule has 3 unspecified atom stereocenters. The Kier molecular flexibility index (Phi) is 3.57. The van der Waals surface area contributed by atoms with Gasteiger partial charge in [0, 0.05) is 19.0 Å². The molecule has 3 rings (SSSR count). The smallest absolute Gasteiger partial charge is 0.225 e. The molecule has 3 fully saturated rings. The number of carbonyl (C=O) groups is 1. The van der Waals surface area contributed by atoms with Crippen molar-refractivity contribution in [3.63, 3.8) is 0 Å². The number of likely N-dealkylation sites (tertiary alicyclic amines) is 1. The van der Waals surface area contributed by atoms with E-state index in [-0.39, 0.29) is 18.2 Å². The summed E-state index contributed by atoms with van der Waals surface area (Å²) in [4.78, 5) is 14.3. The molecule has 114 valence electrons. The lowest BCUT2D eigenvalue weighted by molar-refractivity contribution is -0.148. The number of nitrogens with zero attached hydrogens (tertiary/aromatic N) is 1. The van der Waals surface area contributed by atoms with Gasteiger partial charge in [-0.3, -0.25) is 4.79 Å². The number of carbonyl (C=O) groups excluding carboxylic acids is 1. The zero-order valence-corrected chi connectivity index (χ0v) is 12.5. The maximum Gasteiger partial charge on any atom is 0.225 e. The maximum absolute atomic E-state index is 12.4. The first-order chi connectivity index (χ1) is 9.41. The summed E-state index contributed by atoms with van der Waals surface area (Å²) >= 11 is 0. The molecule has 3 atom stereocenters. The fourth-order valence-electron chi connectivity index (χ4n) is 4.06. The molecular weight excluding hydrogens is 254 g/mol. The van der Waals surface area contributed by atoms with Crippen LogP contribution >= 0.6 is 0 Å². The first kappa shape index (κ1) is 14.3. The van der Waals surface area contributed by atoms with E-state index in [4.69, 9.17) is 0 Å². The van der Waals surface area contributed by atoms with E-state index < -0.39 is 11.2 Å². The highest BCUT2D eigenvalue weighted by atomic mass is 16.3. The minimum atomic E-state index is -0.836. The van der Waals surface area contributed by atoms with Gasteiger partial charge >= 0.3 is 0 Å². The topological polar surface area (TPSA) is 60.8 Å². The average Bonchev–Trinajstić information content (AvgIpc) is 3.21. The van der Waals surface area contributed by atoms with Gasteiger partial charge in [0.2, 0.25) is 5.91 Å². The summed E-state index contributed by atoms with van der Waals surface area (Å²) in [7, 11) is 0. The number of hydrogen-bond acceptors (Lipinski definition) is 3. The van der Waals surface area contributed by atoms with Crippen LogP contribution < -0.4 is 0 Å². The summed E-state index contributed by atoms with van der Waals surface area (Å²) in [5.41, 5.74) is -1.37. The Hall–Kier alpha value is -0.610. The second-order valence-corrected chi connectivity index (χ2v) is 7.44. The fourth-order valence-corrected chi connectivity index (χ4v) is 4.06. The molecular formula is C16H27NO3. The van der Waals surface area contributed by atoms with E-state index >= 15 is 0 Å². The molecule has 1 aliphatic heterocycles. The second kappa shape index (κ2) is 4.99. The predicted octanol–water partition coefficient (Wildman–Crippen LogP) is 1.69. The molecule has 2 aliphatic carbocycles. The summed E-state index contributed by atoms with van der Waals surface area (Å²) in [6.45, 7) is 3.12. The Labute approximate surface area is 121 Å². The Morgan fingerprint density at radius 1 is 1.30 bits per heavy atom. The van der Waals surface area contributed by atoms with Gasteiger partial charge in [-0.2, -0.15) is 0 Å². The lowest BCUT2D eigenvalue weighted by Gasteiger charge is -2.47. The standard InChI is InChI=1S/C16H27NO3/c1-15(19,12-5-6-12)10-14(18)17-9-8-16(20)7-3-2-4-13(16)11-17/h12-13,19-20H,2-11H2,1H3. The molecule has 4 nitrogen and oxygen atoms in total. The normalized spacial score (nSPS) is 37.1. The monoisotopic (exact) mass is 281 g/mol. The number of piperidine rings is 1. The summed E-state index contributed by atoms with van der Waals surface area (Å²) in [6.07, 6.45) is 7.22. The molecule has 0 aromatic rings. The van der Waals surface area contributed by atoms with Gasteiger partial charge in [-0.15, -0.1) is 0 Å². The van der Waals surface area contributed by atoms with Crippen LogP contribution in [0.2, 0.25) is 0 Å². The van der Waals surface area contributed by atoms with Crippen LogP contribution in [0.5, 0.6) is 0 Å². The van der Waals surface area contributed by atoms with E-state index in [9.17, 15) is 15.0 Å². The van der Waals surface area contributed by atoms with Crippen molar-refractivity contribution in [3.8, 4) is 0 Å². The van der Waals surface area contributed by atoms with Crippen molar-refractivity contribution < 1.29 is 15.0 Å². The summed E-state index contributed by atoms with van der Waals surface area (Å²) < 4.78 is 0. The van der Waals surface area contributed by atoms with Crippen molar-refractivity contribution in [2.45, 2.75) is 69.5 Å². The van der Waals surface area contributed by atoms with Gasteiger partial charge in [0.1, 0.15) is 0 Å². The lowest BCUT2D eigenvalue weighted by Crippen LogP contribution is -2.55. The van der Waals surface area contributed by atoms with Crippen LogP contribution in [0.1, 0.15) is 58.3 Å². The van der Waals surface area contributed by atoms with Gasteiger partial charge < -0.3 is 15.1 Å².